The summed E-state index contributed by atoms with van der Waals surface area (Å²) in [7, 11) is -3.97. The van der Waals surface area contributed by atoms with E-state index in [1.54, 1.807) is 0 Å². The third kappa shape index (κ3) is 4.19. The Morgan fingerprint density at radius 1 is 1.41 bits per heavy atom. The van der Waals surface area contributed by atoms with Gasteiger partial charge in [0.15, 0.2) is 14.9 Å². The van der Waals surface area contributed by atoms with Crippen LogP contribution in [0.2, 0.25) is 0 Å². The lowest BCUT2D eigenvalue weighted by Gasteiger charge is -2.08. The molecule has 96 valence electrons. The van der Waals surface area contributed by atoms with Gasteiger partial charge in [-0.05, 0) is 12.1 Å². The maximum atomic E-state index is 11.7. The second-order valence-electron chi connectivity index (χ2n) is 3.01. The van der Waals surface area contributed by atoms with Crippen molar-refractivity contribution in [1.29, 1.82) is 0 Å². The first kappa shape index (κ1) is 13.7. The maximum Gasteiger partial charge on any atom is 0.522 e. The van der Waals surface area contributed by atoms with Gasteiger partial charge in [0.1, 0.15) is 0 Å². The zero-order valence-corrected chi connectivity index (χ0v) is 9.25. The molecule has 17 heavy (non-hydrogen) atoms. The topological polar surface area (TPSA) is 82.3 Å². The Labute approximate surface area is 95.3 Å². The predicted molar refractivity (Wildman–Crippen MR) is 52.7 cm³/mol. The van der Waals surface area contributed by atoms with Gasteiger partial charge < -0.3 is 5.73 Å². The van der Waals surface area contributed by atoms with E-state index in [2.05, 4.69) is 9.72 Å². The summed E-state index contributed by atoms with van der Waals surface area (Å²) in [6.07, 6.45) is -3.67. The number of aromatic nitrogens is 1. The van der Waals surface area contributed by atoms with Crippen LogP contribution in [-0.2, 0) is 14.6 Å². The van der Waals surface area contributed by atoms with E-state index >= 15 is 0 Å². The molecule has 1 aromatic heterocycles. The first-order valence-corrected chi connectivity index (χ1v) is 6.01. The fourth-order valence-corrected chi connectivity index (χ4v) is 2.17. The number of halogens is 3. The van der Waals surface area contributed by atoms with Gasteiger partial charge in [-0.25, -0.2) is 13.4 Å². The number of sulfone groups is 1. The van der Waals surface area contributed by atoms with Gasteiger partial charge in [-0.3, -0.25) is 4.74 Å². The molecular weight excluding hydrogens is 261 g/mol. The van der Waals surface area contributed by atoms with Crippen LogP contribution < -0.4 is 5.73 Å². The molecule has 1 heterocycles. The van der Waals surface area contributed by atoms with Crippen molar-refractivity contribution in [2.45, 2.75) is 11.4 Å². The van der Waals surface area contributed by atoms with Crippen molar-refractivity contribution >= 4 is 15.5 Å². The van der Waals surface area contributed by atoms with Crippen molar-refractivity contribution in [3.8, 4) is 0 Å². The fourth-order valence-electron chi connectivity index (χ4n) is 1.03. The van der Waals surface area contributed by atoms with Gasteiger partial charge >= 0.3 is 6.36 Å². The number of pyridine rings is 1. The second kappa shape index (κ2) is 4.88. The van der Waals surface area contributed by atoms with Gasteiger partial charge in [0.05, 0.1) is 18.0 Å². The van der Waals surface area contributed by atoms with Crippen LogP contribution >= 0.6 is 0 Å². The third-order valence-corrected chi connectivity index (χ3v) is 3.35. The molecule has 0 saturated heterocycles. The Hall–Kier alpha value is -1.35. The maximum absolute atomic E-state index is 11.7. The van der Waals surface area contributed by atoms with Crippen molar-refractivity contribution in [1.82, 2.24) is 4.98 Å². The summed E-state index contributed by atoms with van der Waals surface area (Å²) in [5.74, 6) is -0.840. The summed E-state index contributed by atoms with van der Waals surface area (Å²) >= 11 is 0. The molecule has 0 saturated carbocycles. The highest BCUT2D eigenvalue weighted by Crippen LogP contribution is 2.18. The molecule has 0 fully saturated rings. The van der Waals surface area contributed by atoms with Gasteiger partial charge in [-0.2, -0.15) is 0 Å². The summed E-state index contributed by atoms with van der Waals surface area (Å²) in [5.41, 5.74) is 5.25. The average Bonchev–Trinajstić information content (AvgIpc) is 2.15. The fraction of sp³-hybridized carbons (Fsp3) is 0.375. The number of nitrogens with two attached hydrogens (primary N) is 1. The number of nitrogen functional groups attached to an aromatic ring is 1. The molecule has 1 rings (SSSR count). The van der Waals surface area contributed by atoms with E-state index in [1.165, 1.54) is 18.3 Å². The molecule has 0 bridgehead atoms. The van der Waals surface area contributed by atoms with Gasteiger partial charge in [0, 0.05) is 6.20 Å². The number of nitrogens with zero attached hydrogens (tertiary/aromatic N) is 1. The first-order chi connectivity index (χ1) is 7.72. The van der Waals surface area contributed by atoms with Crippen LogP contribution in [-0.4, -0.2) is 32.1 Å². The minimum atomic E-state index is -4.86. The third-order valence-electron chi connectivity index (χ3n) is 1.71. The van der Waals surface area contributed by atoms with Gasteiger partial charge in [-0.15, -0.1) is 13.2 Å². The first-order valence-electron chi connectivity index (χ1n) is 4.36. The molecule has 0 aliphatic carbocycles. The lowest BCUT2D eigenvalue weighted by molar-refractivity contribution is -0.322. The molecule has 0 unspecified atom stereocenters. The minimum absolute atomic E-state index is 0.112. The van der Waals surface area contributed by atoms with Crippen molar-refractivity contribution in [2.24, 2.45) is 0 Å². The molecule has 0 atom stereocenters. The van der Waals surface area contributed by atoms with Crippen molar-refractivity contribution in [3.05, 3.63) is 18.3 Å². The van der Waals surface area contributed by atoms with Crippen LogP contribution in [0.5, 0.6) is 0 Å². The molecule has 0 radical (unpaired) electrons. The van der Waals surface area contributed by atoms with E-state index in [4.69, 9.17) is 5.73 Å². The minimum Gasteiger partial charge on any atom is -0.396 e. The number of rotatable bonds is 4. The van der Waals surface area contributed by atoms with Crippen molar-refractivity contribution in [2.75, 3.05) is 18.1 Å². The zero-order chi connectivity index (χ0) is 13.1. The Bertz CT molecular complexity index is 487. The molecule has 0 aliphatic heterocycles. The average molecular weight is 270 g/mol. The lowest BCUT2D eigenvalue weighted by Crippen LogP contribution is -2.21. The van der Waals surface area contributed by atoms with Gasteiger partial charge in [-0.1, -0.05) is 0 Å². The SMILES string of the molecule is Nc1cccnc1S(=O)(=O)CCOC(F)(F)F. The van der Waals surface area contributed by atoms with Crippen LogP contribution in [0.4, 0.5) is 18.9 Å². The molecule has 1 aromatic rings. The number of anilines is 1. The summed E-state index contributed by atoms with van der Waals surface area (Å²) < 4.78 is 61.4. The summed E-state index contributed by atoms with van der Waals surface area (Å²) in [5, 5.41) is -0.439. The Morgan fingerprint density at radius 2 is 2.06 bits per heavy atom. The number of ether oxygens (including phenoxy) is 1. The smallest absolute Gasteiger partial charge is 0.396 e. The largest absolute Gasteiger partial charge is 0.522 e. The summed E-state index contributed by atoms with van der Waals surface area (Å²) in [6, 6.07) is 2.71. The zero-order valence-electron chi connectivity index (χ0n) is 8.44. The Kier molecular flexibility index (Phi) is 3.94. The molecule has 5 nitrogen and oxygen atoms in total. The molecule has 0 aromatic carbocycles. The van der Waals surface area contributed by atoms with Crippen LogP contribution in [0.15, 0.2) is 23.4 Å². The van der Waals surface area contributed by atoms with Crippen molar-refractivity contribution in [3.63, 3.8) is 0 Å². The number of hydrogen-bond acceptors (Lipinski definition) is 5. The van der Waals surface area contributed by atoms with E-state index in [1.807, 2.05) is 0 Å². The lowest BCUT2D eigenvalue weighted by atomic mass is 10.4. The molecular formula is C8H9F3N2O3S. The van der Waals surface area contributed by atoms with E-state index in [9.17, 15) is 21.6 Å². The summed E-state index contributed by atoms with van der Waals surface area (Å²) in [6.45, 7) is -0.998. The predicted octanol–water partition coefficient (Wildman–Crippen LogP) is 0.974. The van der Waals surface area contributed by atoms with E-state index in [0.29, 0.717) is 0 Å². The van der Waals surface area contributed by atoms with Crippen LogP contribution in [0.1, 0.15) is 0 Å². The Balaban J connectivity index is 2.74. The van der Waals surface area contributed by atoms with Crippen LogP contribution in [0, 0.1) is 0 Å². The van der Waals surface area contributed by atoms with Gasteiger partial charge in [0.2, 0.25) is 0 Å². The standard InChI is InChI=1S/C8H9F3N2O3S/c9-8(10,11)16-4-5-17(14,15)7-6(12)2-1-3-13-7/h1-3H,4-5,12H2. The second-order valence-corrected chi connectivity index (χ2v) is 5.04. The van der Waals surface area contributed by atoms with E-state index < -0.39 is 33.6 Å². The highest BCUT2D eigenvalue weighted by Gasteiger charge is 2.30. The van der Waals surface area contributed by atoms with Crippen LogP contribution in [0.3, 0.4) is 0 Å². The number of hydrogen-bond donors (Lipinski definition) is 1. The highest BCUT2D eigenvalue weighted by atomic mass is 32.2. The molecule has 0 aliphatic rings. The normalized spacial score (nSPS) is 12.6. The van der Waals surface area contributed by atoms with Crippen LogP contribution in [0.25, 0.3) is 0 Å². The number of alkyl halides is 3. The molecule has 0 spiro atoms. The molecule has 2 N–H and O–H groups in total. The monoisotopic (exact) mass is 270 g/mol. The van der Waals surface area contributed by atoms with Crippen molar-refractivity contribution < 1.29 is 26.3 Å². The van der Waals surface area contributed by atoms with E-state index in [0.717, 1.165) is 0 Å². The Morgan fingerprint density at radius 3 is 2.59 bits per heavy atom. The van der Waals surface area contributed by atoms with E-state index in [-0.39, 0.29) is 5.69 Å². The quantitative estimate of drug-likeness (QED) is 0.881. The summed E-state index contributed by atoms with van der Waals surface area (Å²) in [4.78, 5) is 3.52. The molecule has 9 heteroatoms. The van der Waals surface area contributed by atoms with Gasteiger partial charge in [0.25, 0.3) is 0 Å². The highest BCUT2D eigenvalue weighted by molar-refractivity contribution is 7.91. The molecule has 0 amide bonds.